The van der Waals surface area contributed by atoms with Crippen LogP contribution in [-0.4, -0.2) is 10.5 Å². The van der Waals surface area contributed by atoms with Crippen molar-refractivity contribution in [3.63, 3.8) is 0 Å². The van der Waals surface area contributed by atoms with Crippen molar-refractivity contribution in [1.82, 2.24) is 5.64 Å². The molecule has 0 aromatic heterocycles. The van der Waals surface area contributed by atoms with Gasteiger partial charge >= 0.3 is 0 Å². The predicted octanol–water partition coefficient (Wildman–Crippen LogP) is -0.820. The summed E-state index contributed by atoms with van der Waals surface area (Å²) in [6, 6.07) is 0. The molecule has 8 heavy (non-hydrogen) atoms. The quantitative estimate of drug-likeness (QED) is 0.251. The molecule has 0 aliphatic heterocycles. The topological polar surface area (TPSA) is 98.6 Å². The Labute approximate surface area is 42.6 Å². The lowest BCUT2D eigenvalue weighted by Gasteiger charge is -1.93. The first kappa shape index (κ1) is 7.68. The van der Waals surface area contributed by atoms with Crippen molar-refractivity contribution < 1.29 is 35.6 Å². The van der Waals surface area contributed by atoms with E-state index in [1.807, 2.05) is 0 Å². The first-order valence-electron chi connectivity index (χ1n) is 1.27. The third-order valence-electron chi connectivity index (χ3n) is 0.170. The molecule has 0 aromatic rings. The molecule has 0 heterocycles. The Morgan fingerprint density at radius 1 is 1.00 bits per heavy atom. The van der Waals surface area contributed by atoms with Crippen molar-refractivity contribution in [1.29, 1.82) is 0 Å². The molecule has 0 fully saturated rings. The zero-order chi connectivity index (χ0) is 6.24. The summed E-state index contributed by atoms with van der Waals surface area (Å²) in [5.74, 6) is 0. The van der Waals surface area contributed by atoms with E-state index in [1.54, 1.807) is 0 Å². The van der Waals surface area contributed by atoms with Gasteiger partial charge < -0.3 is 0 Å². The normalized spacial score (nSPS) is 9.75. The number of hydrogen-bond acceptors (Lipinski definition) is 8. The van der Waals surface area contributed by atoms with Crippen LogP contribution in [0, 0.1) is 0 Å². The summed E-state index contributed by atoms with van der Waals surface area (Å²) in [4.78, 5) is 6.90. The maximum Gasteiger partial charge on any atom is -0.00801 e. The van der Waals surface area contributed by atoms with Crippen LogP contribution in [0.2, 0.25) is 0 Å². The van der Waals surface area contributed by atoms with Crippen molar-refractivity contribution in [3.8, 4) is 0 Å². The molecule has 0 radical (unpaired) electrons. The summed E-state index contributed by atoms with van der Waals surface area (Å²) in [5, 5.41) is 23.7. The standard InChI is InChI=1S/H3NO7/c2-6-4-1-5-8-7-3/h1-3H. The average Bonchev–Trinajstić information content (AvgIpc) is 1.81. The van der Waals surface area contributed by atoms with E-state index in [-0.39, 0.29) is 0 Å². The van der Waals surface area contributed by atoms with Crippen molar-refractivity contribution in [2.24, 2.45) is 0 Å². The molecule has 0 amide bonds. The van der Waals surface area contributed by atoms with Crippen molar-refractivity contribution in [3.05, 3.63) is 0 Å². The van der Waals surface area contributed by atoms with Crippen LogP contribution in [0.1, 0.15) is 0 Å². The van der Waals surface area contributed by atoms with E-state index >= 15 is 0 Å². The Kier molecular flexibility index (Phi) is 6.41. The fourth-order valence-corrected chi connectivity index (χ4v) is 0.0582. The van der Waals surface area contributed by atoms with Gasteiger partial charge in [0.1, 0.15) is 0 Å². The monoisotopic (exact) mass is 129 g/mol. The van der Waals surface area contributed by atoms with Crippen molar-refractivity contribution >= 4 is 0 Å². The molecule has 0 aliphatic carbocycles. The summed E-state index contributed by atoms with van der Waals surface area (Å²) in [7, 11) is 0. The van der Waals surface area contributed by atoms with Crippen molar-refractivity contribution in [2.75, 3.05) is 0 Å². The molecule has 8 nitrogen and oxygen atoms in total. The molecule has 0 rings (SSSR count). The Bertz CT molecular complexity index is 29.4. The van der Waals surface area contributed by atoms with Crippen LogP contribution in [0.5, 0.6) is 0 Å². The van der Waals surface area contributed by atoms with E-state index in [4.69, 9.17) is 10.5 Å². The van der Waals surface area contributed by atoms with Crippen LogP contribution in [-0.2, 0) is 25.1 Å². The lowest BCUT2D eigenvalue weighted by molar-refractivity contribution is -0.679. The first-order chi connectivity index (χ1) is 3.91. The number of nitrogens with one attached hydrogen (secondary N) is 1. The molecule has 0 spiro atoms. The van der Waals surface area contributed by atoms with E-state index in [1.165, 1.54) is 5.64 Å². The third kappa shape index (κ3) is 5.68. The van der Waals surface area contributed by atoms with Crippen molar-refractivity contribution in [2.45, 2.75) is 0 Å². The van der Waals surface area contributed by atoms with Gasteiger partial charge in [0.25, 0.3) is 0 Å². The molecule has 0 bridgehead atoms. The number of rotatable bonds is 5. The zero-order valence-electron chi connectivity index (χ0n) is 3.44. The Balaban J connectivity index is 2.53. The lowest BCUT2D eigenvalue weighted by Crippen LogP contribution is -2.14. The fraction of sp³-hybridized carbons (Fsp3) is 0. The minimum absolute atomic E-state index is 1.36. The molecular formula is H3NO7. The average molecular weight is 129 g/mol. The Hall–Kier alpha value is -0.320. The first-order valence-corrected chi connectivity index (χ1v) is 1.27. The zero-order valence-corrected chi connectivity index (χ0v) is 3.44. The van der Waals surface area contributed by atoms with Gasteiger partial charge in [-0.25, -0.2) is 10.5 Å². The summed E-state index contributed by atoms with van der Waals surface area (Å²) in [5.41, 5.74) is 1.36. The highest BCUT2D eigenvalue weighted by molar-refractivity contribution is 3.35. The highest BCUT2D eigenvalue weighted by Crippen LogP contribution is 1.70. The highest BCUT2D eigenvalue weighted by atomic mass is 17.7. The maximum absolute atomic E-state index is 7.34. The van der Waals surface area contributed by atoms with Crippen LogP contribution in [0.25, 0.3) is 0 Å². The van der Waals surface area contributed by atoms with E-state index in [9.17, 15) is 0 Å². The van der Waals surface area contributed by atoms with Crippen LogP contribution in [0.3, 0.4) is 0 Å². The third-order valence-corrected chi connectivity index (χ3v) is 0.170. The molecule has 0 aliphatic rings. The second-order valence-electron chi connectivity index (χ2n) is 0.467. The van der Waals surface area contributed by atoms with Gasteiger partial charge in [0.2, 0.25) is 0 Å². The van der Waals surface area contributed by atoms with E-state index in [0.29, 0.717) is 0 Å². The fourth-order valence-electron chi connectivity index (χ4n) is 0.0582. The second kappa shape index (κ2) is 6.68. The van der Waals surface area contributed by atoms with Gasteiger partial charge in [-0.3, -0.25) is 0 Å². The van der Waals surface area contributed by atoms with Crippen LogP contribution >= 0.6 is 0 Å². The molecule has 0 saturated heterocycles. The predicted molar refractivity (Wildman–Crippen MR) is 13.8 cm³/mol. The molecular weight excluding hydrogens is 126 g/mol. The molecule has 0 atom stereocenters. The van der Waals surface area contributed by atoms with E-state index in [0.717, 1.165) is 0 Å². The molecule has 3 N–H and O–H groups in total. The smallest absolute Gasteiger partial charge is 0.00801 e. The SMILES string of the molecule is OOONOOOO. The van der Waals surface area contributed by atoms with Gasteiger partial charge in [0.05, 0.1) is 0 Å². The molecule has 0 unspecified atom stereocenters. The summed E-state index contributed by atoms with van der Waals surface area (Å²) >= 11 is 0. The molecule has 50 valence electrons. The molecule has 8 heteroatoms. The molecule has 0 saturated carbocycles. The summed E-state index contributed by atoms with van der Waals surface area (Å²) < 4.78 is 0. The van der Waals surface area contributed by atoms with Gasteiger partial charge in [-0.05, 0) is 20.8 Å². The van der Waals surface area contributed by atoms with Crippen LogP contribution in [0.15, 0.2) is 0 Å². The van der Waals surface area contributed by atoms with E-state index in [2.05, 4.69) is 25.1 Å². The lowest BCUT2D eigenvalue weighted by atomic mass is 13.2. The summed E-state index contributed by atoms with van der Waals surface area (Å²) in [6.07, 6.45) is 0. The van der Waals surface area contributed by atoms with Gasteiger partial charge in [-0.1, -0.05) is 9.98 Å². The Morgan fingerprint density at radius 3 is 2.25 bits per heavy atom. The largest absolute Gasteiger partial charge is 0.220 e. The van der Waals surface area contributed by atoms with Gasteiger partial charge in [-0.15, -0.1) is 0 Å². The van der Waals surface area contributed by atoms with Gasteiger partial charge in [-0.2, -0.15) is 0 Å². The minimum atomic E-state index is 1.36. The molecule has 0 aromatic carbocycles. The van der Waals surface area contributed by atoms with Gasteiger partial charge in [0, 0.05) is 0 Å². The van der Waals surface area contributed by atoms with Crippen LogP contribution in [0.4, 0.5) is 0 Å². The summed E-state index contributed by atoms with van der Waals surface area (Å²) in [6.45, 7) is 0. The van der Waals surface area contributed by atoms with Gasteiger partial charge in [0.15, 0.2) is 0 Å². The Morgan fingerprint density at radius 2 is 1.75 bits per heavy atom. The highest BCUT2D eigenvalue weighted by Gasteiger charge is 1.83. The maximum atomic E-state index is 7.34. The second-order valence-corrected chi connectivity index (χ2v) is 0.467. The van der Waals surface area contributed by atoms with E-state index < -0.39 is 0 Å². The number of hydrogen-bond donors (Lipinski definition) is 3. The minimum Gasteiger partial charge on any atom is -0.220 e. The van der Waals surface area contributed by atoms with Crippen LogP contribution < -0.4 is 5.64 Å².